The van der Waals surface area contributed by atoms with Gasteiger partial charge in [-0.25, -0.2) is 4.79 Å². The summed E-state index contributed by atoms with van der Waals surface area (Å²) in [4.78, 5) is 10.9. The average molecular weight is 238 g/mol. The molecule has 0 saturated heterocycles. The van der Waals surface area contributed by atoms with Gasteiger partial charge in [-0.05, 0) is 18.2 Å². The molecule has 0 fully saturated rings. The Balaban J connectivity index is 2.75. The van der Waals surface area contributed by atoms with Gasteiger partial charge in [0.1, 0.15) is 0 Å². The molecule has 82 valence electrons. The van der Waals surface area contributed by atoms with Crippen LogP contribution >= 0.6 is 11.6 Å². The van der Waals surface area contributed by atoms with Crippen molar-refractivity contribution in [1.29, 1.82) is 5.26 Å². The van der Waals surface area contributed by atoms with Crippen LogP contribution in [0, 0.1) is 11.3 Å². The van der Waals surface area contributed by atoms with Crippen LogP contribution in [0.15, 0.2) is 29.4 Å². The minimum atomic E-state index is -0.731. The van der Waals surface area contributed by atoms with Crippen molar-refractivity contribution in [2.24, 2.45) is 5.10 Å². The Morgan fingerprint density at radius 2 is 2.38 bits per heavy atom. The molecular formula is C10H8ClN3O2. The molecule has 0 aliphatic rings. The van der Waals surface area contributed by atoms with Gasteiger partial charge < -0.3 is 4.74 Å². The number of hydrogen-bond donors (Lipinski definition) is 1. The van der Waals surface area contributed by atoms with Crippen molar-refractivity contribution in [2.45, 2.75) is 0 Å². The molecule has 0 aliphatic carbocycles. The molecule has 6 heteroatoms. The number of rotatable bonds is 3. The summed E-state index contributed by atoms with van der Waals surface area (Å²) in [5.74, 6) is -0.731. The summed E-state index contributed by atoms with van der Waals surface area (Å²) in [6.07, 6.45) is 0. The number of carbonyl (C=O) groups is 1. The molecule has 0 unspecified atom stereocenters. The van der Waals surface area contributed by atoms with Crippen LogP contribution in [0.1, 0.15) is 5.56 Å². The molecule has 1 aromatic rings. The molecule has 0 spiro atoms. The third-order valence-electron chi connectivity index (χ3n) is 1.63. The third-order valence-corrected chi connectivity index (χ3v) is 1.87. The number of esters is 1. The number of benzene rings is 1. The van der Waals surface area contributed by atoms with Gasteiger partial charge in [0.25, 0.3) is 0 Å². The number of hydrazone groups is 1. The third kappa shape index (κ3) is 3.26. The molecular weight excluding hydrogens is 230 g/mol. The molecule has 1 N–H and O–H groups in total. The van der Waals surface area contributed by atoms with Gasteiger partial charge >= 0.3 is 5.97 Å². The van der Waals surface area contributed by atoms with E-state index in [0.29, 0.717) is 11.3 Å². The van der Waals surface area contributed by atoms with E-state index in [9.17, 15) is 4.79 Å². The predicted molar refractivity (Wildman–Crippen MR) is 60.1 cm³/mol. The zero-order valence-corrected chi connectivity index (χ0v) is 9.15. The van der Waals surface area contributed by atoms with Crippen molar-refractivity contribution >= 4 is 28.4 Å². The monoisotopic (exact) mass is 237 g/mol. The molecule has 0 aliphatic heterocycles. The summed E-state index contributed by atoms with van der Waals surface area (Å²) in [5.41, 5.74) is 3.58. The molecule has 16 heavy (non-hydrogen) atoms. The smallest absolute Gasteiger partial charge is 0.370 e. The summed E-state index contributed by atoms with van der Waals surface area (Å²) < 4.78 is 4.35. The first kappa shape index (κ1) is 12.0. The van der Waals surface area contributed by atoms with E-state index >= 15 is 0 Å². The van der Waals surface area contributed by atoms with Crippen LogP contribution in [-0.4, -0.2) is 18.2 Å². The highest BCUT2D eigenvalue weighted by atomic mass is 35.5. The van der Waals surface area contributed by atoms with Crippen molar-refractivity contribution in [2.75, 3.05) is 12.5 Å². The van der Waals surface area contributed by atoms with Crippen LogP contribution in [0.4, 0.5) is 5.69 Å². The first-order valence-corrected chi connectivity index (χ1v) is 4.63. The first-order chi connectivity index (χ1) is 7.67. The number of ether oxygens (including phenoxy) is 1. The number of hydrogen-bond acceptors (Lipinski definition) is 5. The lowest BCUT2D eigenvalue weighted by Gasteiger charge is -2.00. The number of methoxy groups -OCH3 is 1. The quantitative estimate of drug-likeness (QED) is 0.493. The van der Waals surface area contributed by atoms with Crippen molar-refractivity contribution in [3.8, 4) is 6.07 Å². The fourth-order valence-corrected chi connectivity index (χ4v) is 1.02. The van der Waals surface area contributed by atoms with E-state index in [-0.39, 0.29) is 5.17 Å². The lowest BCUT2D eigenvalue weighted by Crippen LogP contribution is -2.11. The Hall–Kier alpha value is -2.06. The van der Waals surface area contributed by atoms with Gasteiger partial charge in [-0.2, -0.15) is 10.4 Å². The number of anilines is 1. The van der Waals surface area contributed by atoms with E-state index < -0.39 is 5.97 Å². The minimum absolute atomic E-state index is 0.315. The van der Waals surface area contributed by atoms with Gasteiger partial charge in [0.2, 0.25) is 5.17 Å². The number of nitriles is 1. The molecule has 0 aromatic heterocycles. The minimum Gasteiger partial charge on any atom is -0.464 e. The summed E-state index contributed by atoms with van der Waals surface area (Å²) in [7, 11) is 1.20. The van der Waals surface area contributed by atoms with Crippen molar-refractivity contribution in [3.63, 3.8) is 0 Å². The molecule has 5 nitrogen and oxygen atoms in total. The van der Waals surface area contributed by atoms with E-state index in [4.69, 9.17) is 16.9 Å². The lowest BCUT2D eigenvalue weighted by molar-refractivity contribution is -0.132. The van der Waals surface area contributed by atoms with Gasteiger partial charge in [-0.3, -0.25) is 5.43 Å². The molecule has 0 atom stereocenters. The van der Waals surface area contributed by atoms with Gasteiger partial charge in [0, 0.05) is 0 Å². The zero-order chi connectivity index (χ0) is 12.0. The zero-order valence-electron chi connectivity index (χ0n) is 8.40. The van der Waals surface area contributed by atoms with Crippen LogP contribution in [0.5, 0.6) is 0 Å². The van der Waals surface area contributed by atoms with Gasteiger partial charge in [-0.1, -0.05) is 17.7 Å². The maximum atomic E-state index is 10.9. The number of nitrogens with zero attached hydrogens (tertiary/aromatic N) is 2. The van der Waals surface area contributed by atoms with E-state index in [0.717, 1.165) is 0 Å². The number of carbonyl (C=O) groups excluding carboxylic acids is 1. The van der Waals surface area contributed by atoms with Crippen molar-refractivity contribution in [3.05, 3.63) is 29.8 Å². The van der Waals surface area contributed by atoms with Crippen LogP contribution in [0.3, 0.4) is 0 Å². The van der Waals surface area contributed by atoms with Gasteiger partial charge in [0.15, 0.2) is 0 Å². The largest absolute Gasteiger partial charge is 0.464 e. The first-order valence-electron chi connectivity index (χ1n) is 4.25. The van der Waals surface area contributed by atoms with Crippen LogP contribution in [0.2, 0.25) is 0 Å². The summed E-state index contributed by atoms with van der Waals surface area (Å²) >= 11 is 5.50. The molecule has 1 aromatic carbocycles. The molecule has 0 heterocycles. The number of nitrogens with one attached hydrogen (secondary N) is 1. The Kier molecular flexibility index (Phi) is 4.30. The second-order valence-electron chi connectivity index (χ2n) is 2.70. The standard InChI is InChI=1S/C10H8ClN3O2/c1-16-10(15)9(11)14-13-8-4-2-3-7(5-8)6-12/h2-5,13H,1H3/b14-9-. The molecule has 0 bridgehead atoms. The molecule has 0 amide bonds. The highest BCUT2D eigenvalue weighted by molar-refractivity contribution is 6.82. The second-order valence-corrected chi connectivity index (χ2v) is 3.06. The van der Waals surface area contributed by atoms with Gasteiger partial charge in [0.05, 0.1) is 24.4 Å². The second kappa shape index (κ2) is 5.73. The number of halogens is 1. The normalized spacial score (nSPS) is 10.4. The molecule has 0 saturated carbocycles. The van der Waals surface area contributed by atoms with Crippen LogP contribution in [-0.2, 0) is 9.53 Å². The van der Waals surface area contributed by atoms with E-state index in [1.54, 1.807) is 24.3 Å². The summed E-state index contributed by atoms with van der Waals surface area (Å²) in [6.45, 7) is 0. The molecule has 1 rings (SSSR count). The highest BCUT2D eigenvalue weighted by Crippen LogP contribution is 2.09. The van der Waals surface area contributed by atoms with E-state index in [1.165, 1.54) is 7.11 Å². The Bertz CT molecular complexity index is 465. The summed E-state index contributed by atoms with van der Waals surface area (Å²) in [6, 6.07) is 8.57. The Morgan fingerprint density at radius 3 is 3.00 bits per heavy atom. The Morgan fingerprint density at radius 1 is 1.62 bits per heavy atom. The topological polar surface area (TPSA) is 74.5 Å². The van der Waals surface area contributed by atoms with E-state index in [2.05, 4.69) is 15.3 Å². The lowest BCUT2D eigenvalue weighted by atomic mass is 10.2. The maximum absolute atomic E-state index is 10.9. The average Bonchev–Trinajstić information content (AvgIpc) is 2.35. The highest BCUT2D eigenvalue weighted by Gasteiger charge is 2.07. The maximum Gasteiger partial charge on any atom is 0.370 e. The predicted octanol–water partition coefficient (Wildman–Crippen LogP) is 1.70. The Labute approximate surface area is 97.3 Å². The fourth-order valence-electron chi connectivity index (χ4n) is 0.902. The van der Waals surface area contributed by atoms with Crippen LogP contribution < -0.4 is 5.43 Å². The van der Waals surface area contributed by atoms with Crippen molar-refractivity contribution in [1.82, 2.24) is 0 Å². The summed E-state index contributed by atoms with van der Waals surface area (Å²) in [5, 5.41) is 11.9. The molecule has 0 radical (unpaired) electrons. The van der Waals surface area contributed by atoms with Gasteiger partial charge in [-0.15, -0.1) is 0 Å². The fraction of sp³-hybridized carbons (Fsp3) is 0.100. The van der Waals surface area contributed by atoms with E-state index in [1.807, 2.05) is 6.07 Å². The SMILES string of the molecule is COC(=O)/C(Cl)=N/Nc1cccc(C#N)c1. The van der Waals surface area contributed by atoms with Crippen molar-refractivity contribution < 1.29 is 9.53 Å². The van der Waals surface area contributed by atoms with Crippen LogP contribution in [0.25, 0.3) is 0 Å².